The van der Waals surface area contributed by atoms with Crippen LogP contribution in [0.3, 0.4) is 0 Å². The van der Waals surface area contributed by atoms with Gasteiger partial charge in [0.05, 0.1) is 0 Å². The summed E-state index contributed by atoms with van der Waals surface area (Å²) in [6, 6.07) is 0. The molecule has 0 saturated heterocycles. The third kappa shape index (κ3) is 10.9. The molecule has 28 heavy (non-hydrogen) atoms. The highest BCUT2D eigenvalue weighted by Crippen LogP contribution is 2.37. The molecule has 0 aromatic rings. The maximum Gasteiger partial charge on any atom is -0.0136 e. The van der Waals surface area contributed by atoms with Gasteiger partial charge in [-0.1, -0.05) is 139 Å². The molecule has 0 spiro atoms. The van der Waals surface area contributed by atoms with Gasteiger partial charge in [0, 0.05) is 0 Å². The fraction of sp³-hybridized carbons (Fsp3) is 0.857. The topological polar surface area (TPSA) is 0 Å². The number of unbranched alkanes of at least 4 members (excludes halogenated alkanes) is 15. The Morgan fingerprint density at radius 2 is 1.07 bits per heavy atom. The average Bonchev–Trinajstić information content (AvgIpc) is 2.73. The Labute approximate surface area is 177 Å². The van der Waals surface area contributed by atoms with Crippen LogP contribution >= 0.6 is 0 Å². The third-order valence-corrected chi connectivity index (χ3v) is 7.25. The minimum Gasteiger partial charge on any atom is -0.0841 e. The molecule has 0 nitrogen and oxygen atoms in total. The molecule has 2 aliphatic rings. The summed E-state index contributed by atoms with van der Waals surface area (Å²) in [6.07, 6.45) is 36.7. The van der Waals surface area contributed by atoms with E-state index in [1.54, 1.807) is 5.57 Å². The van der Waals surface area contributed by atoms with Crippen LogP contribution in [-0.2, 0) is 0 Å². The first kappa shape index (κ1) is 23.8. The van der Waals surface area contributed by atoms with Crippen molar-refractivity contribution in [2.24, 2.45) is 5.92 Å². The fourth-order valence-electron chi connectivity index (χ4n) is 5.30. The van der Waals surface area contributed by atoms with Gasteiger partial charge in [-0.2, -0.15) is 0 Å². The summed E-state index contributed by atoms with van der Waals surface area (Å²) >= 11 is 0. The predicted octanol–water partition coefficient (Wildman–Crippen LogP) is 10.1. The van der Waals surface area contributed by atoms with Crippen LogP contribution in [0.25, 0.3) is 0 Å². The van der Waals surface area contributed by atoms with Gasteiger partial charge in [0.1, 0.15) is 0 Å². The van der Waals surface area contributed by atoms with Crippen molar-refractivity contribution in [2.45, 2.75) is 148 Å². The average molecular weight is 387 g/mol. The van der Waals surface area contributed by atoms with Crippen LogP contribution in [0.4, 0.5) is 0 Å². The van der Waals surface area contributed by atoms with Gasteiger partial charge in [0.25, 0.3) is 0 Å². The molecule has 0 fully saturated rings. The fourth-order valence-corrected chi connectivity index (χ4v) is 5.30. The van der Waals surface area contributed by atoms with Gasteiger partial charge in [-0.3, -0.25) is 0 Å². The second-order valence-corrected chi connectivity index (χ2v) is 9.79. The molecular formula is C28H50. The maximum atomic E-state index is 2.40. The summed E-state index contributed by atoms with van der Waals surface area (Å²) in [5, 5.41) is 0. The lowest BCUT2D eigenvalue weighted by Gasteiger charge is -2.28. The molecule has 2 rings (SSSR count). The standard InChI is InChI=1S/C28H50/c1-2-3-4-5-6-7-8-9-10-11-12-13-14-15-16-17-20-26-23-24-27-21-18-19-22-28(27)25-26/h18-19,26H,2-17,20-25H2,1H3. The molecule has 2 aliphatic carbocycles. The lowest BCUT2D eigenvalue weighted by molar-refractivity contribution is 0.396. The zero-order chi connectivity index (χ0) is 19.7. The summed E-state index contributed by atoms with van der Waals surface area (Å²) < 4.78 is 0. The van der Waals surface area contributed by atoms with Crippen LogP contribution in [0.2, 0.25) is 0 Å². The van der Waals surface area contributed by atoms with Gasteiger partial charge in [0.2, 0.25) is 0 Å². The molecule has 0 radical (unpaired) electrons. The van der Waals surface area contributed by atoms with Crippen LogP contribution in [0, 0.1) is 5.92 Å². The Hall–Kier alpha value is -0.520. The molecule has 0 aromatic heterocycles. The highest BCUT2D eigenvalue weighted by Gasteiger charge is 2.20. The molecule has 0 heterocycles. The van der Waals surface area contributed by atoms with E-state index in [0.717, 1.165) is 5.92 Å². The first-order valence-electron chi connectivity index (χ1n) is 13.2. The van der Waals surface area contributed by atoms with E-state index in [0.29, 0.717) is 0 Å². The van der Waals surface area contributed by atoms with E-state index in [-0.39, 0.29) is 0 Å². The molecule has 0 aromatic carbocycles. The first-order valence-corrected chi connectivity index (χ1v) is 13.2. The van der Waals surface area contributed by atoms with Crippen LogP contribution in [-0.4, -0.2) is 0 Å². The summed E-state index contributed by atoms with van der Waals surface area (Å²) in [5.74, 6) is 1.01. The summed E-state index contributed by atoms with van der Waals surface area (Å²) in [5.41, 5.74) is 3.61. The van der Waals surface area contributed by atoms with E-state index < -0.39 is 0 Å². The Morgan fingerprint density at radius 1 is 0.607 bits per heavy atom. The zero-order valence-electron chi connectivity index (χ0n) is 19.3. The third-order valence-electron chi connectivity index (χ3n) is 7.25. The maximum absolute atomic E-state index is 2.40. The van der Waals surface area contributed by atoms with Crippen molar-refractivity contribution in [3.8, 4) is 0 Å². The Balaban J connectivity index is 1.29. The summed E-state index contributed by atoms with van der Waals surface area (Å²) in [7, 11) is 0. The van der Waals surface area contributed by atoms with Crippen molar-refractivity contribution in [3.05, 3.63) is 23.3 Å². The monoisotopic (exact) mass is 386 g/mol. The van der Waals surface area contributed by atoms with Gasteiger partial charge < -0.3 is 0 Å². The van der Waals surface area contributed by atoms with E-state index in [4.69, 9.17) is 0 Å². The molecule has 0 bridgehead atoms. The summed E-state index contributed by atoms with van der Waals surface area (Å²) in [6.45, 7) is 2.30. The van der Waals surface area contributed by atoms with Crippen molar-refractivity contribution in [1.82, 2.24) is 0 Å². The Kier molecular flexibility index (Phi) is 13.8. The first-order chi connectivity index (χ1) is 13.9. The quantitative estimate of drug-likeness (QED) is 0.172. The van der Waals surface area contributed by atoms with Crippen LogP contribution < -0.4 is 0 Å². The molecule has 0 N–H and O–H groups in total. The van der Waals surface area contributed by atoms with Gasteiger partial charge in [0.15, 0.2) is 0 Å². The number of allylic oxidation sites excluding steroid dienone is 4. The molecule has 0 heteroatoms. The van der Waals surface area contributed by atoms with Gasteiger partial charge >= 0.3 is 0 Å². The number of rotatable bonds is 17. The van der Waals surface area contributed by atoms with E-state index in [1.165, 1.54) is 141 Å². The molecule has 0 amide bonds. The lowest BCUT2D eigenvalue weighted by atomic mass is 9.77. The molecule has 162 valence electrons. The van der Waals surface area contributed by atoms with E-state index in [9.17, 15) is 0 Å². The normalized spacial score (nSPS) is 19.2. The Morgan fingerprint density at radius 3 is 1.61 bits per heavy atom. The molecular weight excluding hydrogens is 336 g/mol. The smallest absolute Gasteiger partial charge is 0.0136 e. The van der Waals surface area contributed by atoms with E-state index in [1.807, 2.05) is 5.57 Å². The number of hydrogen-bond acceptors (Lipinski definition) is 0. The second-order valence-electron chi connectivity index (χ2n) is 9.79. The Bertz CT molecular complexity index is 427. The minimum atomic E-state index is 1.01. The van der Waals surface area contributed by atoms with Crippen molar-refractivity contribution in [3.63, 3.8) is 0 Å². The largest absolute Gasteiger partial charge is 0.0841 e. The number of hydrogen-bond donors (Lipinski definition) is 0. The highest BCUT2D eigenvalue weighted by atomic mass is 14.3. The van der Waals surface area contributed by atoms with Crippen LogP contribution in [0.15, 0.2) is 23.3 Å². The predicted molar refractivity (Wildman–Crippen MR) is 127 cm³/mol. The van der Waals surface area contributed by atoms with Crippen molar-refractivity contribution in [2.75, 3.05) is 0 Å². The van der Waals surface area contributed by atoms with Gasteiger partial charge in [-0.05, 0) is 38.0 Å². The lowest BCUT2D eigenvalue weighted by Crippen LogP contribution is -2.12. The highest BCUT2D eigenvalue weighted by molar-refractivity contribution is 5.26. The van der Waals surface area contributed by atoms with Crippen LogP contribution in [0.5, 0.6) is 0 Å². The molecule has 0 aliphatic heterocycles. The molecule has 1 unspecified atom stereocenters. The van der Waals surface area contributed by atoms with Crippen molar-refractivity contribution >= 4 is 0 Å². The zero-order valence-corrected chi connectivity index (χ0v) is 19.3. The minimum absolute atomic E-state index is 1.01. The van der Waals surface area contributed by atoms with Crippen LogP contribution in [0.1, 0.15) is 148 Å². The SMILES string of the molecule is CCCCCCCCCCCCCCCCCCC1CCC2=C(CC=CC2)C1. The van der Waals surface area contributed by atoms with Gasteiger partial charge in [-0.15, -0.1) is 0 Å². The van der Waals surface area contributed by atoms with E-state index in [2.05, 4.69) is 19.1 Å². The van der Waals surface area contributed by atoms with Crippen molar-refractivity contribution in [1.29, 1.82) is 0 Å². The van der Waals surface area contributed by atoms with E-state index >= 15 is 0 Å². The molecule has 1 atom stereocenters. The summed E-state index contributed by atoms with van der Waals surface area (Å²) in [4.78, 5) is 0. The van der Waals surface area contributed by atoms with Gasteiger partial charge in [-0.25, -0.2) is 0 Å². The molecule has 0 saturated carbocycles. The second kappa shape index (κ2) is 16.3. The van der Waals surface area contributed by atoms with Crippen molar-refractivity contribution < 1.29 is 0 Å².